The van der Waals surface area contributed by atoms with Gasteiger partial charge < -0.3 is 0 Å². The Kier molecular flexibility index (Phi) is 3.58. The van der Waals surface area contributed by atoms with Gasteiger partial charge in [0.05, 0.1) is 0 Å². The molecule has 1 nitrogen and oxygen atoms in total. The molecule has 0 aliphatic carbocycles. The van der Waals surface area contributed by atoms with Gasteiger partial charge >= 0.3 is 111 Å². The van der Waals surface area contributed by atoms with Crippen molar-refractivity contribution >= 4 is 29.6 Å². The van der Waals surface area contributed by atoms with Crippen molar-refractivity contribution in [1.82, 2.24) is 0 Å². The Labute approximate surface area is 111 Å². The third-order valence-corrected chi connectivity index (χ3v) is 5.18. The van der Waals surface area contributed by atoms with Gasteiger partial charge in [-0.2, -0.15) is 0 Å². The molecule has 0 atom stereocenters. The molecular weight excluding hydrogens is 279 g/mol. The molecule has 0 amide bonds. The van der Waals surface area contributed by atoms with Gasteiger partial charge in [-0.15, -0.1) is 0 Å². The van der Waals surface area contributed by atoms with E-state index in [9.17, 15) is 5.26 Å². The maximum atomic E-state index is 9.33. The summed E-state index contributed by atoms with van der Waals surface area (Å²) in [5.41, 5.74) is 1.87. The molecule has 0 N–H and O–H groups in total. The fourth-order valence-corrected chi connectivity index (χ4v) is 4.27. The molecule has 2 rings (SSSR count). The normalized spacial score (nSPS) is 12.4. The first kappa shape index (κ1) is 12.9. The first-order valence-corrected chi connectivity index (χ1v) is 13.6. The monoisotopic (exact) mass is 297 g/mol. The zero-order valence-corrected chi connectivity index (χ0v) is 13.2. The number of nitrogens with zero attached hydrogens (tertiary/aromatic N) is 1. The van der Waals surface area contributed by atoms with Gasteiger partial charge in [0.25, 0.3) is 0 Å². The van der Waals surface area contributed by atoms with Crippen molar-refractivity contribution in [2.24, 2.45) is 0 Å². The third kappa shape index (κ3) is 3.02. The first-order chi connectivity index (χ1) is 8.49. The van der Waals surface area contributed by atoms with Crippen LogP contribution in [0.5, 0.6) is 0 Å². The molecule has 0 unspecified atom stereocenters. The van der Waals surface area contributed by atoms with E-state index >= 15 is 0 Å². The molecule has 0 aliphatic heterocycles. The minimum absolute atomic E-state index is 0.827. The van der Waals surface area contributed by atoms with E-state index in [1.807, 2.05) is 18.2 Å². The Balaban J connectivity index is 2.54. The summed E-state index contributed by atoms with van der Waals surface area (Å²) in [4.78, 5) is 2.21. The van der Waals surface area contributed by atoms with Crippen LogP contribution in [0.2, 0.25) is 17.3 Å². The molecule has 0 radical (unpaired) electrons. The van der Waals surface area contributed by atoms with Crippen LogP contribution in [0.1, 0.15) is 5.56 Å². The summed E-state index contributed by atoms with van der Waals surface area (Å²) in [5, 5.41) is 11.7. The number of benzene rings is 2. The summed E-state index contributed by atoms with van der Waals surface area (Å²) in [6, 6.07) is 16.8. The molecule has 2 heteroatoms. The zero-order chi connectivity index (χ0) is 13.2. The quantitative estimate of drug-likeness (QED) is 0.585. The topological polar surface area (TPSA) is 23.8 Å². The van der Waals surface area contributed by atoms with E-state index in [-0.39, 0.29) is 0 Å². The van der Waals surface area contributed by atoms with Crippen LogP contribution in [0, 0.1) is 11.3 Å². The molecule has 0 heterocycles. The van der Waals surface area contributed by atoms with E-state index in [1.54, 1.807) is 0 Å². The molecular formula is C16H17GeN. The summed E-state index contributed by atoms with van der Waals surface area (Å²) in [5.74, 6) is 6.87. The zero-order valence-electron chi connectivity index (χ0n) is 11.1. The van der Waals surface area contributed by atoms with Gasteiger partial charge in [0.15, 0.2) is 0 Å². The Hall–Kier alpha value is -1.53. The minimum atomic E-state index is -1.86. The van der Waals surface area contributed by atoms with Crippen LogP contribution in [0.15, 0.2) is 47.4 Å². The fraction of sp³-hybridized carbons (Fsp3) is 0.188. The first-order valence-electron chi connectivity index (χ1n) is 6.12. The second kappa shape index (κ2) is 4.99. The molecule has 0 aromatic heterocycles. The van der Waals surface area contributed by atoms with Crippen molar-refractivity contribution in [1.29, 1.82) is 5.26 Å². The van der Waals surface area contributed by atoms with Crippen molar-refractivity contribution in [3.05, 3.63) is 52.9 Å². The Morgan fingerprint density at radius 1 is 1.06 bits per heavy atom. The summed E-state index contributed by atoms with van der Waals surface area (Å²) < 4.78 is 0. The number of rotatable bonds is 2. The Morgan fingerprint density at radius 3 is 2.33 bits per heavy atom. The van der Waals surface area contributed by atoms with Crippen LogP contribution < -0.4 is 0 Å². The van der Waals surface area contributed by atoms with Crippen molar-refractivity contribution in [2.75, 3.05) is 0 Å². The van der Waals surface area contributed by atoms with Crippen LogP contribution in [0.25, 0.3) is 16.3 Å². The number of hydrogen-bond donors (Lipinski definition) is 0. The summed E-state index contributed by atoms with van der Waals surface area (Å²) >= 11 is -1.86. The van der Waals surface area contributed by atoms with Crippen LogP contribution >= 0.6 is 0 Å². The molecule has 0 spiro atoms. The number of fused-ring (bicyclic) bond motifs is 1. The molecule has 0 saturated heterocycles. The standard InChI is InChI=1S/C16H17GeN/c1-17(2,3)11-16(12-18)15-9-8-13-6-4-5-7-14(13)10-15/h4-11H,1-3H3/b16-11+. The van der Waals surface area contributed by atoms with Crippen LogP contribution in [-0.2, 0) is 0 Å². The second-order valence-corrected chi connectivity index (χ2v) is 16.1. The van der Waals surface area contributed by atoms with Crippen LogP contribution in [0.3, 0.4) is 0 Å². The molecule has 0 bridgehead atoms. The average molecular weight is 296 g/mol. The van der Waals surface area contributed by atoms with Crippen molar-refractivity contribution < 1.29 is 0 Å². The van der Waals surface area contributed by atoms with E-state index in [4.69, 9.17) is 0 Å². The molecule has 2 aromatic carbocycles. The number of allylic oxidation sites excluding steroid dienone is 1. The van der Waals surface area contributed by atoms with Gasteiger partial charge in [0.2, 0.25) is 0 Å². The van der Waals surface area contributed by atoms with E-state index in [1.165, 1.54) is 10.8 Å². The maximum absolute atomic E-state index is 9.33. The second-order valence-electron chi connectivity index (χ2n) is 5.60. The SMILES string of the molecule is [CH3][Ge]([CH3])([CH3])/[CH]=C(\C#N)c1ccc2ccccc2c1. The molecule has 0 aliphatic rings. The summed E-state index contributed by atoms with van der Waals surface area (Å²) in [7, 11) is 0. The Bertz CT molecular complexity index is 642. The van der Waals surface area contributed by atoms with Crippen molar-refractivity contribution in [3.8, 4) is 6.07 Å². The van der Waals surface area contributed by atoms with Crippen LogP contribution in [0.4, 0.5) is 0 Å². The fourth-order valence-electron chi connectivity index (χ4n) is 1.97. The van der Waals surface area contributed by atoms with Gasteiger partial charge in [0, 0.05) is 0 Å². The van der Waals surface area contributed by atoms with Crippen molar-refractivity contribution in [3.63, 3.8) is 0 Å². The van der Waals surface area contributed by atoms with E-state index in [0.717, 1.165) is 11.1 Å². The van der Waals surface area contributed by atoms with Gasteiger partial charge in [-0.1, -0.05) is 0 Å². The van der Waals surface area contributed by atoms with Crippen LogP contribution in [-0.4, -0.2) is 13.3 Å². The predicted molar refractivity (Wildman–Crippen MR) is 80.9 cm³/mol. The molecule has 0 saturated carbocycles. The molecule has 90 valence electrons. The van der Waals surface area contributed by atoms with Gasteiger partial charge in [-0.3, -0.25) is 0 Å². The van der Waals surface area contributed by atoms with Gasteiger partial charge in [-0.25, -0.2) is 0 Å². The molecule has 2 aromatic rings. The Morgan fingerprint density at radius 2 is 1.72 bits per heavy atom. The molecule has 0 fully saturated rings. The van der Waals surface area contributed by atoms with E-state index < -0.39 is 13.3 Å². The average Bonchev–Trinajstić information content (AvgIpc) is 2.34. The molecule has 18 heavy (non-hydrogen) atoms. The van der Waals surface area contributed by atoms with Gasteiger partial charge in [0.1, 0.15) is 0 Å². The predicted octanol–water partition coefficient (Wildman–Crippen LogP) is 4.62. The number of nitriles is 1. The van der Waals surface area contributed by atoms with Gasteiger partial charge in [-0.05, 0) is 0 Å². The van der Waals surface area contributed by atoms with Crippen molar-refractivity contribution in [2.45, 2.75) is 17.3 Å². The summed E-state index contributed by atoms with van der Waals surface area (Å²) in [6.07, 6.45) is 0. The third-order valence-electron chi connectivity index (χ3n) is 2.76. The summed E-state index contributed by atoms with van der Waals surface area (Å²) in [6.45, 7) is 0. The van der Waals surface area contributed by atoms with E-state index in [0.29, 0.717) is 0 Å². The number of hydrogen-bond acceptors (Lipinski definition) is 1. The van der Waals surface area contributed by atoms with E-state index in [2.05, 4.69) is 52.5 Å².